The number of imide groups is 1. The molecule has 0 aromatic heterocycles. The van der Waals surface area contributed by atoms with Gasteiger partial charge in [0, 0.05) is 12.8 Å². The number of carboxylic acid groups (broad SMARTS) is 1. The van der Waals surface area contributed by atoms with Crippen molar-refractivity contribution < 1.29 is 23.9 Å². The van der Waals surface area contributed by atoms with Crippen molar-refractivity contribution in [3.8, 4) is 0 Å². The maximum Gasteiger partial charge on any atom is 0.305 e. The molecule has 1 unspecified atom stereocenters. The first-order valence-corrected chi connectivity index (χ1v) is 3.67. The lowest BCUT2D eigenvalue weighted by Crippen LogP contribution is -2.31. The predicted octanol–water partition coefficient (Wildman–Crippen LogP) is -0.857. The average molecular weight is 204 g/mol. The summed E-state index contributed by atoms with van der Waals surface area (Å²) in [5.74, 6) is -2.19. The summed E-state index contributed by atoms with van der Waals surface area (Å²) in [5, 5.41) is 9.77. The van der Waals surface area contributed by atoms with Crippen LogP contribution in [0, 0.1) is 0 Å². The number of amides is 2. The number of nitrogens with one attached hydrogen (secondary N) is 1. The Balaban J connectivity index is 3.80. The quantitative estimate of drug-likeness (QED) is 0.434. The number of hydrogen-bond acceptors (Lipinski definition) is 4. The maximum absolute atomic E-state index is 12.6. The van der Waals surface area contributed by atoms with Gasteiger partial charge in [0.25, 0.3) is 5.91 Å². The number of hydrogen-bond donors (Lipinski definition) is 2. The van der Waals surface area contributed by atoms with Gasteiger partial charge in [0.2, 0.25) is 12.6 Å². The van der Waals surface area contributed by atoms with E-state index in [0.717, 1.165) is 0 Å². The molecule has 0 radical (unpaired) electrons. The van der Waals surface area contributed by atoms with Crippen molar-refractivity contribution in [1.82, 2.24) is 5.32 Å². The van der Waals surface area contributed by atoms with E-state index < -0.39 is 18.0 Å². The van der Waals surface area contributed by atoms with Crippen LogP contribution in [0.5, 0.6) is 0 Å². The molecule has 0 aromatic rings. The molecule has 78 valence electrons. The average Bonchev–Trinajstić information content (AvgIpc) is 2.12. The molecular formula is C7H9FN2O4. The zero-order valence-corrected chi connectivity index (χ0v) is 7.14. The Morgan fingerprint density at radius 1 is 1.57 bits per heavy atom. The zero-order chi connectivity index (χ0) is 11.0. The third-order valence-electron chi connectivity index (χ3n) is 1.14. The number of carbonyl (C=O) groups is 3. The molecule has 6 nitrogen and oxygen atoms in total. The number of alkyl halides is 1. The molecule has 14 heavy (non-hydrogen) atoms. The Kier molecular flexibility index (Phi) is 5.84. The lowest BCUT2D eigenvalue weighted by molar-refractivity contribution is -0.136. The molecule has 0 saturated heterocycles. The molecule has 0 heterocycles. The second kappa shape index (κ2) is 6.70. The van der Waals surface area contributed by atoms with Crippen LogP contribution >= 0.6 is 0 Å². The molecule has 0 bridgehead atoms. The minimum Gasteiger partial charge on any atom is -0.481 e. The van der Waals surface area contributed by atoms with Crippen LogP contribution < -0.4 is 5.32 Å². The summed E-state index contributed by atoms with van der Waals surface area (Å²) < 4.78 is 12.6. The van der Waals surface area contributed by atoms with Crippen LogP contribution in [0.2, 0.25) is 0 Å². The van der Waals surface area contributed by atoms with Gasteiger partial charge >= 0.3 is 5.97 Å². The van der Waals surface area contributed by atoms with Crippen molar-refractivity contribution in [2.45, 2.75) is 12.6 Å². The molecule has 0 saturated carbocycles. The highest BCUT2D eigenvalue weighted by molar-refractivity contribution is 6.00. The molecule has 0 aliphatic carbocycles. The van der Waals surface area contributed by atoms with Gasteiger partial charge < -0.3 is 5.11 Å². The van der Waals surface area contributed by atoms with Crippen LogP contribution in [0.3, 0.4) is 0 Å². The Morgan fingerprint density at radius 2 is 2.21 bits per heavy atom. The van der Waals surface area contributed by atoms with Crippen molar-refractivity contribution in [2.75, 3.05) is 6.54 Å². The lowest BCUT2D eigenvalue weighted by atomic mass is 10.4. The third-order valence-corrected chi connectivity index (χ3v) is 1.14. The molecule has 0 aliphatic rings. The number of carboxylic acids is 1. The molecule has 1 atom stereocenters. The first-order valence-electron chi connectivity index (χ1n) is 3.67. The van der Waals surface area contributed by atoms with E-state index in [1.54, 1.807) is 5.32 Å². The topological polar surface area (TPSA) is 95.8 Å². The predicted molar refractivity (Wildman–Crippen MR) is 44.7 cm³/mol. The summed E-state index contributed by atoms with van der Waals surface area (Å²) in [6.07, 6.45) is -1.56. The van der Waals surface area contributed by atoms with Crippen LogP contribution in [-0.4, -0.2) is 42.3 Å². The molecule has 2 amide bonds. The van der Waals surface area contributed by atoms with Crippen LogP contribution in [-0.2, 0) is 14.4 Å². The van der Waals surface area contributed by atoms with Crippen molar-refractivity contribution >= 4 is 24.5 Å². The van der Waals surface area contributed by atoms with E-state index in [9.17, 15) is 18.8 Å². The maximum atomic E-state index is 12.6. The van der Waals surface area contributed by atoms with Crippen molar-refractivity contribution in [3.63, 3.8) is 0 Å². The summed E-state index contributed by atoms with van der Waals surface area (Å²) in [6.45, 7) is -0.107. The highest BCUT2D eigenvalue weighted by Crippen LogP contribution is 1.87. The largest absolute Gasteiger partial charge is 0.481 e. The molecule has 2 N–H and O–H groups in total. The van der Waals surface area contributed by atoms with Crippen LogP contribution in [0.1, 0.15) is 6.42 Å². The van der Waals surface area contributed by atoms with Crippen LogP contribution in [0.15, 0.2) is 4.99 Å². The number of carbonyl (C=O) groups excluding carboxylic acids is 2. The SMILES string of the molecule is O=CNC(=O)C(F)C=NCCC(=O)O. The highest BCUT2D eigenvalue weighted by Gasteiger charge is 2.12. The van der Waals surface area contributed by atoms with E-state index in [4.69, 9.17) is 5.11 Å². The summed E-state index contributed by atoms with van der Waals surface area (Å²) in [4.78, 5) is 33.6. The third kappa shape index (κ3) is 5.81. The molecule has 0 fully saturated rings. The van der Waals surface area contributed by atoms with E-state index in [-0.39, 0.29) is 19.4 Å². The van der Waals surface area contributed by atoms with E-state index >= 15 is 0 Å². The Morgan fingerprint density at radius 3 is 2.71 bits per heavy atom. The van der Waals surface area contributed by atoms with Gasteiger partial charge in [-0.3, -0.25) is 24.7 Å². The Labute approximate surface area is 78.8 Å². The highest BCUT2D eigenvalue weighted by atomic mass is 19.1. The van der Waals surface area contributed by atoms with Gasteiger partial charge in [-0.05, 0) is 0 Å². The van der Waals surface area contributed by atoms with Gasteiger partial charge in [-0.1, -0.05) is 0 Å². The first-order chi connectivity index (χ1) is 6.57. The van der Waals surface area contributed by atoms with Gasteiger partial charge in [-0.15, -0.1) is 0 Å². The Hall–Kier alpha value is -1.79. The number of aliphatic imine (C=N–C) groups is 1. The van der Waals surface area contributed by atoms with Crippen molar-refractivity contribution in [1.29, 1.82) is 0 Å². The smallest absolute Gasteiger partial charge is 0.305 e. The molecular weight excluding hydrogens is 195 g/mol. The Bertz CT molecular complexity index is 254. The zero-order valence-electron chi connectivity index (χ0n) is 7.14. The summed E-state index contributed by atoms with van der Waals surface area (Å²) in [5.41, 5.74) is 0. The second-order valence-electron chi connectivity index (χ2n) is 2.23. The van der Waals surface area contributed by atoms with E-state index in [2.05, 4.69) is 4.99 Å². The monoisotopic (exact) mass is 204 g/mol. The molecule has 7 heteroatoms. The normalized spacial score (nSPS) is 12.4. The fourth-order valence-corrected chi connectivity index (χ4v) is 0.533. The summed E-state index contributed by atoms with van der Waals surface area (Å²) >= 11 is 0. The van der Waals surface area contributed by atoms with Crippen LogP contribution in [0.4, 0.5) is 4.39 Å². The molecule has 0 aliphatic heterocycles. The van der Waals surface area contributed by atoms with Crippen LogP contribution in [0.25, 0.3) is 0 Å². The lowest BCUT2D eigenvalue weighted by Gasteiger charge is -1.97. The van der Waals surface area contributed by atoms with Gasteiger partial charge in [0.1, 0.15) is 0 Å². The van der Waals surface area contributed by atoms with Gasteiger partial charge in [0.15, 0.2) is 0 Å². The van der Waals surface area contributed by atoms with Crippen molar-refractivity contribution in [3.05, 3.63) is 0 Å². The van der Waals surface area contributed by atoms with Gasteiger partial charge in [-0.2, -0.15) is 0 Å². The van der Waals surface area contributed by atoms with Crippen molar-refractivity contribution in [2.24, 2.45) is 4.99 Å². The summed E-state index contributed by atoms with van der Waals surface area (Å²) in [7, 11) is 0. The number of rotatable bonds is 6. The summed E-state index contributed by atoms with van der Waals surface area (Å²) in [6, 6.07) is 0. The fraction of sp³-hybridized carbons (Fsp3) is 0.429. The second-order valence-corrected chi connectivity index (χ2v) is 2.23. The number of nitrogens with zero attached hydrogens (tertiary/aromatic N) is 1. The first kappa shape index (κ1) is 12.2. The van der Waals surface area contributed by atoms with E-state index in [1.807, 2.05) is 0 Å². The number of halogens is 1. The van der Waals surface area contributed by atoms with E-state index in [0.29, 0.717) is 6.21 Å². The van der Waals surface area contributed by atoms with E-state index in [1.165, 1.54) is 0 Å². The fourth-order valence-electron chi connectivity index (χ4n) is 0.533. The minimum absolute atomic E-state index is 0.0556. The standard InChI is InChI=1S/C7H9FN2O4/c8-5(7(14)10-4-11)3-9-2-1-6(12)13/h3-5H,1-2H2,(H,12,13)(H,10,11,14). The molecule has 0 aromatic carbocycles. The van der Waals surface area contributed by atoms with Gasteiger partial charge in [0.05, 0.1) is 6.42 Å². The molecule has 0 spiro atoms. The number of aliphatic carboxylic acids is 1. The molecule has 0 rings (SSSR count). The van der Waals surface area contributed by atoms with Gasteiger partial charge in [-0.25, -0.2) is 4.39 Å². The minimum atomic E-state index is -2.03.